The first kappa shape index (κ1) is 11.4. The van der Waals surface area contributed by atoms with Crippen LogP contribution in [-0.2, 0) is 0 Å². The fraction of sp³-hybridized carbons (Fsp3) is 0.538. The van der Waals surface area contributed by atoms with Crippen molar-refractivity contribution in [2.24, 2.45) is 0 Å². The summed E-state index contributed by atoms with van der Waals surface area (Å²) in [5.74, 6) is 0.214. The molecule has 2 rings (SSSR count). The molecule has 88 valence electrons. The van der Waals surface area contributed by atoms with E-state index in [0.29, 0.717) is 5.92 Å². The quantitative estimate of drug-likeness (QED) is 0.740. The zero-order valence-electron chi connectivity index (χ0n) is 9.96. The van der Waals surface area contributed by atoms with Crippen LogP contribution in [0.25, 0.3) is 0 Å². The number of piperidine rings is 1. The molecule has 0 bridgehead atoms. The molecule has 1 fully saturated rings. The predicted octanol–water partition coefficient (Wildman–Crippen LogP) is 2.53. The van der Waals surface area contributed by atoms with E-state index in [1.165, 1.54) is 0 Å². The largest absolute Gasteiger partial charge is 0.396 e. The van der Waals surface area contributed by atoms with E-state index in [1.54, 1.807) is 12.1 Å². The molecule has 0 aliphatic carbocycles. The molecule has 0 amide bonds. The van der Waals surface area contributed by atoms with Crippen molar-refractivity contribution in [2.45, 2.75) is 25.7 Å². The SMILES string of the molecule is Cc1cc(N)c(F)cc1C1CCN(C)CC1. The molecule has 1 aliphatic rings. The molecule has 2 N–H and O–H groups in total. The number of likely N-dealkylation sites (tertiary alicyclic amines) is 1. The standard InChI is InChI=1S/C13H19FN2/c1-9-7-13(15)12(14)8-11(9)10-3-5-16(2)6-4-10/h7-8,10H,3-6,15H2,1-2H3. The van der Waals surface area contributed by atoms with E-state index in [2.05, 4.69) is 11.9 Å². The van der Waals surface area contributed by atoms with Gasteiger partial charge in [0, 0.05) is 0 Å². The number of nitrogens with two attached hydrogens (primary N) is 1. The Morgan fingerprint density at radius 1 is 1.31 bits per heavy atom. The van der Waals surface area contributed by atoms with Crippen LogP contribution in [0.3, 0.4) is 0 Å². The summed E-state index contributed by atoms with van der Waals surface area (Å²) < 4.78 is 13.5. The van der Waals surface area contributed by atoms with Crippen LogP contribution in [0.5, 0.6) is 0 Å². The van der Waals surface area contributed by atoms with E-state index in [4.69, 9.17) is 5.73 Å². The van der Waals surface area contributed by atoms with Gasteiger partial charge in [0.05, 0.1) is 5.69 Å². The molecule has 0 radical (unpaired) electrons. The number of anilines is 1. The number of hydrogen-bond donors (Lipinski definition) is 1. The van der Waals surface area contributed by atoms with Crippen LogP contribution in [0.2, 0.25) is 0 Å². The van der Waals surface area contributed by atoms with Crippen molar-refractivity contribution < 1.29 is 4.39 Å². The van der Waals surface area contributed by atoms with Crippen LogP contribution < -0.4 is 5.73 Å². The highest BCUT2D eigenvalue weighted by atomic mass is 19.1. The van der Waals surface area contributed by atoms with E-state index in [-0.39, 0.29) is 11.5 Å². The Morgan fingerprint density at radius 3 is 2.56 bits per heavy atom. The predicted molar refractivity (Wildman–Crippen MR) is 65.0 cm³/mol. The minimum atomic E-state index is -0.278. The van der Waals surface area contributed by atoms with Gasteiger partial charge >= 0.3 is 0 Å². The van der Waals surface area contributed by atoms with Gasteiger partial charge in [-0.2, -0.15) is 0 Å². The smallest absolute Gasteiger partial charge is 0.146 e. The molecule has 16 heavy (non-hydrogen) atoms. The summed E-state index contributed by atoms with van der Waals surface area (Å²) >= 11 is 0. The minimum absolute atomic E-state index is 0.258. The summed E-state index contributed by atoms with van der Waals surface area (Å²) in [6, 6.07) is 3.38. The van der Waals surface area contributed by atoms with E-state index in [0.717, 1.165) is 37.1 Å². The summed E-state index contributed by atoms with van der Waals surface area (Å²) in [4.78, 5) is 2.32. The van der Waals surface area contributed by atoms with Crippen molar-refractivity contribution in [1.29, 1.82) is 0 Å². The van der Waals surface area contributed by atoms with Crippen LogP contribution in [0.1, 0.15) is 29.9 Å². The molecule has 2 nitrogen and oxygen atoms in total. The first-order chi connectivity index (χ1) is 7.58. The second-order valence-corrected chi connectivity index (χ2v) is 4.81. The first-order valence-electron chi connectivity index (χ1n) is 5.82. The van der Waals surface area contributed by atoms with Crippen LogP contribution in [-0.4, -0.2) is 25.0 Å². The highest BCUT2D eigenvalue weighted by molar-refractivity contribution is 5.47. The maximum Gasteiger partial charge on any atom is 0.146 e. The van der Waals surface area contributed by atoms with Crippen molar-refractivity contribution in [3.63, 3.8) is 0 Å². The first-order valence-corrected chi connectivity index (χ1v) is 5.82. The van der Waals surface area contributed by atoms with Gasteiger partial charge < -0.3 is 10.6 Å². The molecule has 1 aromatic carbocycles. The molecule has 0 atom stereocenters. The number of nitrogens with zero attached hydrogens (tertiary/aromatic N) is 1. The lowest BCUT2D eigenvalue weighted by atomic mass is 9.87. The lowest BCUT2D eigenvalue weighted by Crippen LogP contribution is -2.29. The molecule has 0 saturated carbocycles. The average molecular weight is 222 g/mol. The third-order valence-corrected chi connectivity index (χ3v) is 3.54. The molecule has 0 aromatic heterocycles. The summed E-state index contributed by atoms with van der Waals surface area (Å²) in [6.07, 6.45) is 2.22. The molecule has 1 heterocycles. The average Bonchev–Trinajstić information content (AvgIpc) is 2.25. The van der Waals surface area contributed by atoms with Gasteiger partial charge in [-0.1, -0.05) is 0 Å². The normalized spacial score (nSPS) is 18.9. The van der Waals surface area contributed by atoms with Crippen molar-refractivity contribution >= 4 is 5.69 Å². The number of nitrogen functional groups attached to an aromatic ring is 1. The Balaban J connectivity index is 2.23. The molecule has 1 saturated heterocycles. The van der Waals surface area contributed by atoms with Crippen LogP contribution in [0, 0.1) is 12.7 Å². The topological polar surface area (TPSA) is 29.3 Å². The molecule has 0 spiro atoms. The van der Waals surface area contributed by atoms with E-state index >= 15 is 0 Å². The number of hydrogen-bond acceptors (Lipinski definition) is 2. The Bertz CT molecular complexity index is 382. The highest BCUT2D eigenvalue weighted by Crippen LogP contribution is 2.31. The van der Waals surface area contributed by atoms with Crippen LogP contribution in [0.4, 0.5) is 10.1 Å². The fourth-order valence-electron chi connectivity index (χ4n) is 2.48. The fourth-order valence-corrected chi connectivity index (χ4v) is 2.48. The molecule has 1 aromatic rings. The zero-order chi connectivity index (χ0) is 11.7. The third-order valence-electron chi connectivity index (χ3n) is 3.54. The third kappa shape index (κ3) is 2.19. The maximum atomic E-state index is 13.5. The van der Waals surface area contributed by atoms with Gasteiger partial charge in [-0.3, -0.25) is 0 Å². The van der Waals surface area contributed by atoms with Crippen LogP contribution >= 0.6 is 0 Å². The lowest BCUT2D eigenvalue weighted by molar-refractivity contribution is 0.255. The highest BCUT2D eigenvalue weighted by Gasteiger charge is 2.20. The molecule has 3 heteroatoms. The Morgan fingerprint density at radius 2 is 1.94 bits per heavy atom. The van der Waals surface area contributed by atoms with Crippen molar-refractivity contribution in [2.75, 3.05) is 25.9 Å². The minimum Gasteiger partial charge on any atom is -0.396 e. The van der Waals surface area contributed by atoms with Gasteiger partial charge in [0.1, 0.15) is 5.82 Å². The van der Waals surface area contributed by atoms with Gasteiger partial charge in [0.2, 0.25) is 0 Å². The van der Waals surface area contributed by atoms with Crippen molar-refractivity contribution in [3.8, 4) is 0 Å². The maximum absolute atomic E-state index is 13.5. The monoisotopic (exact) mass is 222 g/mol. The molecular formula is C13H19FN2. The van der Waals surface area contributed by atoms with Gasteiger partial charge in [-0.05, 0) is 69.1 Å². The Kier molecular flexibility index (Phi) is 3.15. The molecular weight excluding hydrogens is 203 g/mol. The van der Waals surface area contributed by atoms with Crippen molar-refractivity contribution in [3.05, 3.63) is 29.1 Å². The summed E-state index contributed by atoms with van der Waals surface area (Å²) in [5.41, 5.74) is 8.07. The van der Waals surface area contributed by atoms with Gasteiger partial charge in [-0.15, -0.1) is 0 Å². The van der Waals surface area contributed by atoms with Crippen LogP contribution in [0.15, 0.2) is 12.1 Å². The van der Waals surface area contributed by atoms with Crippen molar-refractivity contribution in [1.82, 2.24) is 4.90 Å². The van der Waals surface area contributed by atoms with E-state index in [1.807, 2.05) is 6.92 Å². The number of benzene rings is 1. The summed E-state index contributed by atoms with van der Waals surface area (Å²) in [5, 5.41) is 0. The van der Waals surface area contributed by atoms with Gasteiger partial charge in [-0.25, -0.2) is 4.39 Å². The Labute approximate surface area is 96.2 Å². The summed E-state index contributed by atoms with van der Waals surface area (Å²) in [6.45, 7) is 4.20. The molecule has 0 unspecified atom stereocenters. The lowest BCUT2D eigenvalue weighted by Gasteiger charge is -2.30. The van der Waals surface area contributed by atoms with E-state index < -0.39 is 0 Å². The molecule has 1 aliphatic heterocycles. The van der Waals surface area contributed by atoms with Gasteiger partial charge in [0.25, 0.3) is 0 Å². The second-order valence-electron chi connectivity index (χ2n) is 4.81. The number of aryl methyl sites for hydroxylation is 1. The number of rotatable bonds is 1. The Hall–Kier alpha value is -1.09. The zero-order valence-corrected chi connectivity index (χ0v) is 9.96. The summed E-state index contributed by atoms with van der Waals surface area (Å²) in [7, 11) is 2.13. The van der Waals surface area contributed by atoms with E-state index in [9.17, 15) is 4.39 Å². The van der Waals surface area contributed by atoms with Gasteiger partial charge in [0.15, 0.2) is 0 Å². The second kappa shape index (κ2) is 4.42. The number of halogens is 1.